The van der Waals surface area contributed by atoms with Crippen LogP contribution in [0.15, 0.2) is 24.3 Å². The molecule has 2 atom stereocenters. The number of nitrogens with one attached hydrogen (secondary N) is 2. The van der Waals surface area contributed by atoms with Crippen LogP contribution in [0.25, 0.3) is 11.4 Å². The van der Waals surface area contributed by atoms with E-state index in [4.69, 9.17) is 4.74 Å². The average Bonchev–Trinajstić information content (AvgIpc) is 3.27. The molecule has 26 heavy (non-hydrogen) atoms. The Labute approximate surface area is 151 Å². The molecule has 1 fully saturated rings. The van der Waals surface area contributed by atoms with Crippen molar-refractivity contribution >= 4 is 15.9 Å². The largest absolute Gasteiger partial charge is 0.379 e. The maximum Gasteiger partial charge on any atom is 0.252 e. The molecule has 10 nitrogen and oxygen atoms in total. The summed E-state index contributed by atoms with van der Waals surface area (Å²) in [4.78, 5) is 12.7. The second-order valence-electron chi connectivity index (χ2n) is 6.22. The minimum Gasteiger partial charge on any atom is -0.379 e. The molecule has 11 heteroatoms. The number of ether oxygens (including phenoxy) is 1. The molecule has 1 aromatic carbocycles. The third-order valence-corrected chi connectivity index (χ3v) is 6.22. The lowest BCUT2D eigenvalue weighted by molar-refractivity contribution is 0.0926. The molecular weight excluding hydrogens is 360 g/mol. The molecule has 1 saturated heterocycles. The Balaban J connectivity index is 1.76. The van der Waals surface area contributed by atoms with E-state index >= 15 is 0 Å². The number of hydrogen-bond donors (Lipinski definition) is 2. The molecule has 0 bridgehead atoms. The van der Waals surface area contributed by atoms with Gasteiger partial charge in [0.15, 0.2) is 0 Å². The predicted molar refractivity (Wildman–Crippen MR) is 92.7 cm³/mol. The van der Waals surface area contributed by atoms with Crippen molar-refractivity contribution in [2.24, 2.45) is 5.92 Å². The lowest BCUT2D eigenvalue weighted by Gasteiger charge is -2.21. The maximum atomic E-state index is 12.7. The number of rotatable bonds is 6. The highest BCUT2D eigenvalue weighted by atomic mass is 32.2. The van der Waals surface area contributed by atoms with Gasteiger partial charge in [-0.15, -0.1) is 10.2 Å². The Kier molecular flexibility index (Phi) is 5.30. The van der Waals surface area contributed by atoms with Gasteiger partial charge in [0.05, 0.1) is 30.6 Å². The quantitative estimate of drug-likeness (QED) is 0.691. The molecule has 2 aromatic rings. The van der Waals surface area contributed by atoms with Gasteiger partial charge in [0.1, 0.15) is 0 Å². The SMILES string of the molecule is CN(C)S(=O)(=O)C[C@@H]1COC[C@H]1NC(=O)c1ccccc1-c1nn[nH]n1. The van der Waals surface area contributed by atoms with Crippen LogP contribution in [-0.4, -0.2) is 78.4 Å². The molecule has 2 N–H and O–H groups in total. The minimum atomic E-state index is -3.39. The highest BCUT2D eigenvalue weighted by Gasteiger charge is 2.34. The number of H-pyrrole nitrogens is 1. The third-order valence-electron chi connectivity index (χ3n) is 4.25. The number of carbonyl (C=O) groups is 1. The molecule has 0 unspecified atom stereocenters. The first-order chi connectivity index (χ1) is 12.4. The number of aromatic nitrogens is 4. The number of carbonyl (C=O) groups excluding carboxylic acids is 1. The van der Waals surface area contributed by atoms with Crippen LogP contribution in [0.1, 0.15) is 10.4 Å². The molecule has 3 rings (SSSR count). The van der Waals surface area contributed by atoms with Gasteiger partial charge in [0.2, 0.25) is 15.8 Å². The molecule has 140 valence electrons. The van der Waals surface area contributed by atoms with Gasteiger partial charge in [0, 0.05) is 25.6 Å². The standard InChI is InChI=1S/C15H20N6O4S/c1-21(2)26(23,24)9-10-7-25-8-13(10)16-15(22)12-6-4-3-5-11(12)14-17-19-20-18-14/h3-6,10,13H,7-9H2,1-2H3,(H,16,22)(H,17,18,19,20)/t10-,13+/m0/s1. The molecule has 0 aliphatic carbocycles. The summed E-state index contributed by atoms with van der Waals surface area (Å²) in [5.41, 5.74) is 0.921. The molecule has 1 aliphatic heterocycles. The molecule has 0 saturated carbocycles. The Bertz CT molecular complexity index is 868. The van der Waals surface area contributed by atoms with Crippen molar-refractivity contribution in [3.05, 3.63) is 29.8 Å². The van der Waals surface area contributed by atoms with E-state index < -0.39 is 16.1 Å². The first-order valence-electron chi connectivity index (χ1n) is 8.00. The second-order valence-corrected chi connectivity index (χ2v) is 8.45. The summed E-state index contributed by atoms with van der Waals surface area (Å²) in [5, 5.41) is 16.6. The van der Waals surface area contributed by atoms with Gasteiger partial charge in [-0.25, -0.2) is 12.7 Å². The first kappa shape index (κ1) is 18.4. The van der Waals surface area contributed by atoms with E-state index in [0.29, 0.717) is 17.0 Å². The van der Waals surface area contributed by atoms with E-state index in [1.54, 1.807) is 24.3 Å². The Morgan fingerprint density at radius 3 is 2.81 bits per heavy atom. The van der Waals surface area contributed by atoms with Gasteiger partial charge in [-0.1, -0.05) is 18.2 Å². The van der Waals surface area contributed by atoms with Gasteiger partial charge in [0.25, 0.3) is 5.91 Å². The van der Waals surface area contributed by atoms with Crippen molar-refractivity contribution in [1.82, 2.24) is 30.2 Å². The van der Waals surface area contributed by atoms with E-state index in [0.717, 1.165) is 0 Å². The van der Waals surface area contributed by atoms with Crippen molar-refractivity contribution in [3.63, 3.8) is 0 Å². The smallest absolute Gasteiger partial charge is 0.252 e. The van der Waals surface area contributed by atoms with Crippen LogP contribution in [0, 0.1) is 5.92 Å². The van der Waals surface area contributed by atoms with Crippen molar-refractivity contribution in [1.29, 1.82) is 0 Å². The number of sulfonamides is 1. The van der Waals surface area contributed by atoms with Gasteiger partial charge in [-0.3, -0.25) is 4.79 Å². The zero-order valence-corrected chi connectivity index (χ0v) is 15.2. The predicted octanol–water partition coefficient (Wildman–Crippen LogP) is -0.497. The normalized spacial score (nSPS) is 20.4. The van der Waals surface area contributed by atoms with Crippen molar-refractivity contribution < 1.29 is 17.9 Å². The van der Waals surface area contributed by atoms with Crippen molar-refractivity contribution in [2.75, 3.05) is 33.1 Å². The fourth-order valence-electron chi connectivity index (χ4n) is 2.74. The van der Waals surface area contributed by atoms with E-state index in [9.17, 15) is 13.2 Å². The lowest BCUT2D eigenvalue weighted by Crippen LogP contribution is -2.43. The number of amides is 1. The fraction of sp³-hybridized carbons (Fsp3) is 0.467. The van der Waals surface area contributed by atoms with Crippen molar-refractivity contribution in [2.45, 2.75) is 6.04 Å². The Morgan fingerprint density at radius 2 is 2.12 bits per heavy atom. The number of hydrogen-bond acceptors (Lipinski definition) is 7. The zero-order chi connectivity index (χ0) is 18.7. The highest BCUT2D eigenvalue weighted by Crippen LogP contribution is 2.21. The number of aromatic amines is 1. The van der Waals surface area contributed by atoms with E-state index in [2.05, 4.69) is 25.9 Å². The summed E-state index contributed by atoms with van der Waals surface area (Å²) in [6, 6.07) is 6.49. The monoisotopic (exact) mass is 380 g/mol. The molecule has 0 spiro atoms. The van der Waals surface area contributed by atoms with Crippen LogP contribution in [0.3, 0.4) is 0 Å². The molecule has 1 aromatic heterocycles. The van der Waals surface area contributed by atoms with Gasteiger partial charge in [-0.2, -0.15) is 5.21 Å². The maximum absolute atomic E-state index is 12.7. The Morgan fingerprint density at radius 1 is 1.35 bits per heavy atom. The average molecular weight is 380 g/mol. The summed E-state index contributed by atoms with van der Waals surface area (Å²) in [6.45, 7) is 0.550. The molecule has 2 heterocycles. The molecule has 0 radical (unpaired) electrons. The van der Waals surface area contributed by atoms with Crippen LogP contribution in [0.5, 0.6) is 0 Å². The van der Waals surface area contributed by atoms with E-state index in [-0.39, 0.29) is 30.8 Å². The third kappa shape index (κ3) is 3.89. The molecule has 1 aliphatic rings. The van der Waals surface area contributed by atoms with Crippen LogP contribution < -0.4 is 5.32 Å². The van der Waals surface area contributed by atoms with Gasteiger partial charge < -0.3 is 10.1 Å². The van der Waals surface area contributed by atoms with Crippen LogP contribution >= 0.6 is 0 Å². The number of tetrazole rings is 1. The first-order valence-corrected chi connectivity index (χ1v) is 9.61. The van der Waals surface area contributed by atoms with E-state index in [1.165, 1.54) is 18.4 Å². The number of nitrogens with zero attached hydrogens (tertiary/aromatic N) is 4. The minimum absolute atomic E-state index is 0.0859. The van der Waals surface area contributed by atoms with E-state index in [1.807, 2.05) is 0 Å². The van der Waals surface area contributed by atoms with Gasteiger partial charge >= 0.3 is 0 Å². The summed E-state index contributed by atoms with van der Waals surface area (Å²) >= 11 is 0. The summed E-state index contributed by atoms with van der Waals surface area (Å²) in [5.74, 6) is -0.431. The Hall–Kier alpha value is -2.37. The summed E-state index contributed by atoms with van der Waals surface area (Å²) in [6.07, 6.45) is 0. The van der Waals surface area contributed by atoms with Crippen molar-refractivity contribution in [3.8, 4) is 11.4 Å². The zero-order valence-electron chi connectivity index (χ0n) is 14.4. The van der Waals surface area contributed by atoms with Crippen LogP contribution in [-0.2, 0) is 14.8 Å². The number of benzene rings is 1. The highest BCUT2D eigenvalue weighted by molar-refractivity contribution is 7.89. The van der Waals surface area contributed by atoms with Crippen LogP contribution in [0.4, 0.5) is 0 Å². The summed E-state index contributed by atoms with van der Waals surface area (Å²) in [7, 11) is -0.417. The summed E-state index contributed by atoms with van der Waals surface area (Å²) < 4.78 is 30.8. The fourth-order valence-corrected chi connectivity index (χ4v) is 3.91. The van der Waals surface area contributed by atoms with Gasteiger partial charge in [-0.05, 0) is 11.3 Å². The molecular formula is C15H20N6O4S. The lowest BCUT2D eigenvalue weighted by atomic mass is 10.0. The topological polar surface area (TPSA) is 130 Å². The molecule has 1 amide bonds. The van der Waals surface area contributed by atoms with Crippen LogP contribution in [0.2, 0.25) is 0 Å². The second kappa shape index (κ2) is 7.48.